The van der Waals surface area contributed by atoms with Gasteiger partial charge in [-0.25, -0.2) is 0 Å². The quantitative estimate of drug-likeness (QED) is 0.318. The van der Waals surface area contributed by atoms with E-state index in [1.54, 1.807) is 0 Å². The van der Waals surface area contributed by atoms with Crippen LogP contribution in [0.5, 0.6) is 0 Å². The molecule has 4 heteroatoms. The number of nitrogens with one attached hydrogen (secondary N) is 1. The highest BCUT2D eigenvalue weighted by molar-refractivity contribution is 5.16. The molecule has 7 aliphatic heterocycles. The maximum absolute atomic E-state index is 4.10. The fourth-order valence-electron chi connectivity index (χ4n) is 12.6. The second-order valence-electron chi connectivity index (χ2n) is 20.0. The highest BCUT2D eigenvalue weighted by atomic mass is 15.3. The fraction of sp³-hybridized carbons (Fsp3) is 1.00. The monoisotopic (exact) mass is 627 g/mol. The van der Waals surface area contributed by atoms with Gasteiger partial charge < -0.3 is 10.2 Å². The Morgan fingerprint density at radius 3 is 1.84 bits per heavy atom. The molecular weight excluding hydrogens is 548 g/mol. The number of piperazine rings is 1. The van der Waals surface area contributed by atoms with Gasteiger partial charge in [0.05, 0.1) is 0 Å². The van der Waals surface area contributed by atoms with E-state index in [1.807, 2.05) is 0 Å². The molecule has 262 valence electrons. The lowest BCUT2D eigenvalue weighted by Gasteiger charge is -2.68. The van der Waals surface area contributed by atoms with E-state index in [9.17, 15) is 0 Å². The lowest BCUT2D eigenvalue weighted by Crippen LogP contribution is -2.73. The highest BCUT2D eigenvalue weighted by Crippen LogP contribution is 2.63. The predicted molar refractivity (Wildman–Crippen MR) is 195 cm³/mol. The molecule has 0 aromatic carbocycles. The molecule has 1 aliphatic carbocycles. The summed E-state index contributed by atoms with van der Waals surface area (Å²) in [6, 6.07) is 1.30. The average Bonchev–Trinajstić information content (AvgIpc) is 3.00. The van der Waals surface area contributed by atoms with Gasteiger partial charge in [0.1, 0.15) is 0 Å². The van der Waals surface area contributed by atoms with Gasteiger partial charge in [-0.1, -0.05) is 55.4 Å². The second-order valence-corrected chi connectivity index (χ2v) is 20.0. The third-order valence-corrected chi connectivity index (χ3v) is 16.1. The zero-order chi connectivity index (χ0) is 33.0. The Labute approximate surface area is 281 Å². The van der Waals surface area contributed by atoms with E-state index >= 15 is 0 Å². The third kappa shape index (κ3) is 6.72. The van der Waals surface area contributed by atoms with Crippen molar-refractivity contribution in [1.82, 2.24) is 20.0 Å². The lowest BCUT2D eigenvalue weighted by molar-refractivity contribution is -0.180. The van der Waals surface area contributed by atoms with Gasteiger partial charge in [0.2, 0.25) is 0 Å². The van der Waals surface area contributed by atoms with Gasteiger partial charge in [-0.3, -0.25) is 9.80 Å². The van der Waals surface area contributed by atoms with Crippen LogP contribution in [-0.4, -0.2) is 83.7 Å². The van der Waals surface area contributed by atoms with E-state index in [2.05, 4.69) is 103 Å². The zero-order valence-corrected chi connectivity index (χ0v) is 32.4. The summed E-state index contributed by atoms with van der Waals surface area (Å²) in [6.07, 6.45) is 13.8. The number of nitrogens with zero attached hydrogens (tertiary/aromatic N) is 3. The summed E-state index contributed by atoms with van der Waals surface area (Å²) in [5, 5.41) is 4.10. The molecule has 8 aliphatic rings. The molecule has 5 atom stereocenters. The first kappa shape index (κ1) is 36.1. The summed E-state index contributed by atoms with van der Waals surface area (Å²) >= 11 is 0. The van der Waals surface area contributed by atoms with Crippen LogP contribution in [0.1, 0.15) is 147 Å². The van der Waals surface area contributed by atoms with Crippen LogP contribution in [0.25, 0.3) is 0 Å². The predicted octanol–water partition coefficient (Wildman–Crippen LogP) is 8.94. The van der Waals surface area contributed by atoms with Crippen LogP contribution in [-0.2, 0) is 0 Å². The molecular formula is C41H78N4. The first-order valence-corrected chi connectivity index (χ1v) is 19.9. The van der Waals surface area contributed by atoms with E-state index < -0.39 is 0 Å². The van der Waals surface area contributed by atoms with Crippen LogP contribution in [0.4, 0.5) is 0 Å². The highest BCUT2D eigenvalue weighted by Gasteiger charge is 2.63. The van der Waals surface area contributed by atoms with Crippen molar-refractivity contribution in [3.05, 3.63) is 0 Å². The molecule has 4 bridgehead atoms. The lowest BCUT2D eigenvalue weighted by atomic mass is 9.44. The molecule has 4 nitrogen and oxygen atoms in total. The smallest absolute Gasteiger partial charge is 0.0292 e. The van der Waals surface area contributed by atoms with Crippen LogP contribution in [0.15, 0.2) is 0 Å². The summed E-state index contributed by atoms with van der Waals surface area (Å²) in [5.74, 6) is 4.13. The second kappa shape index (κ2) is 13.3. The molecule has 7 saturated heterocycles. The molecule has 0 aromatic heterocycles. The SMILES string of the molecule is CC(C)C1CCC(C(C)(CC(C)(C)C2CC[C@@H](C)CN2)C2(C)N3CCN(CC3)C(C)(C)CC(C)N3CCC(CC3)C2(C)C)CC1. The number of hydrogen-bond donors (Lipinski definition) is 1. The van der Waals surface area contributed by atoms with Gasteiger partial charge in [0, 0.05) is 49.3 Å². The number of piperidine rings is 2. The molecule has 0 aromatic rings. The van der Waals surface area contributed by atoms with E-state index in [4.69, 9.17) is 0 Å². The van der Waals surface area contributed by atoms with Crippen LogP contribution < -0.4 is 5.32 Å². The Bertz CT molecular complexity index is 954. The molecule has 45 heavy (non-hydrogen) atoms. The molecule has 0 radical (unpaired) electrons. The summed E-state index contributed by atoms with van der Waals surface area (Å²) in [6.45, 7) is 40.2. The minimum atomic E-state index is 0.136. The van der Waals surface area contributed by atoms with Crippen LogP contribution in [0.2, 0.25) is 0 Å². The first-order chi connectivity index (χ1) is 20.9. The maximum atomic E-state index is 4.10. The van der Waals surface area contributed by atoms with Gasteiger partial charge >= 0.3 is 0 Å². The van der Waals surface area contributed by atoms with E-state index in [1.165, 1.54) is 110 Å². The van der Waals surface area contributed by atoms with Gasteiger partial charge in [0.25, 0.3) is 0 Å². The fourth-order valence-corrected chi connectivity index (χ4v) is 12.6. The van der Waals surface area contributed by atoms with Gasteiger partial charge in [-0.2, -0.15) is 0 Å². The summed E-state index contributed by atoms with van der Waals surface area (Å²) in [4.78, 5) is 8.86. The van der Waals surface area contributed by atoms with Gasteiger partial charge in [-0.15, -0.1) is 0 Å². The topological polar surface area (TPSA) is 21.8 Å². The molecule has 8 rings (SSSR count). The summed E-state index contributed by atoms with van der Waals surface area (Å²) < 4.78 is 0. The Balaban J connectivity index is 1.59. The van der Waals surface area contributed by atoms with Crippen molar-refractivity contribution in [2.24, 2.45) is 45.8 Å². The normalized spacial score (nSPS) is 44.1. The molecule has 7 heterocycles. The maximum Gasteiger partial charge on any atom is 0.0292 e. The Morgan fingerprint density at radius 1 is 0.733 bits per heavy atom. The minimum absolute atomic E-state index is 0.136. The van der Waals surface area contributed by atoms with Crippen molar-refractivity contribution in [3.63, 3.8) is 0 Å². The van der Waals surface area contributed by atoms with E-state index in [0.29, 0.717) is 12.1 Å². The molecule has 4 unspecified atom stereocenters. The van der Waals surface area contributed by atoms with Crippen molar-refractivity contribution < 1.29 is 0 Å². The van der Waals surface area contributed by atoms with Crippen LogP contribution in [0.3, 0.4) is 0 Å². The standard InChI is InChI=1S/C41H78N4/c1-30(2)33-14-16-35(17-15-33)40(11,29-37(5,6)36-18-13-31(3)28-42-36)41(12)39(9,10)34-19-21-43(22-20-34)32(4)27-38(7,8)44-23-25-45(41)26-24-44/h30-36,42H,13-29H2,1-12H3/t31-,32?,33?,35?,36?,40?,41?/m1/s1. The summed E-state index contributed by atoms with van der Waals surface area (Å²) in [5.41, 5.74) is 1.15. The summed E-state index contributed by atoms with van der Waals surface area (Å²) in [7, 11) is 0. The van der Waals surface area contributed by atoms with Gasteiger partial charge in [0.15, 0.2) is 0 Å². The van der Waals surface area contributed by atoms with E-state index in [0.717, 1.165) is 29.6 Å². The van der Waals surface area contributed by atoms with Crippen LogP contribution >= 0.6 is 0 Å². The van der Waals surface area contributed by atoms with E-state index in [-0.39, 0.29) is 27.3 Å². The number of hydrogen-bond acceptors (Lipinski definition) is 4. The van der Waals surface area contributed by atoms with Gasteiger partial charge in [-0.05, 0) is 157 Å². The Morgan fingerprint density at radius 2 is 1.31 bits per heavy atom. The molecule has 0 amide bonds. The minimum Gasteiger partial charge on any atom is -0.313 e. The molecule has 1 saturated carbocycles. The van der Waals surface area contributed by atoms with Crippen molar-refractivity contribution in [2.75, 3.05) is 45.8 Å². The van der Waals surface area contributed by atoms with Crippen molar-refractivity contribution in [2.45, 2.75) is 170 Å². The third-order valence-electron chi connectivity index (χ3n) is 16.1. The van der Waals surface area contributed by atoms with Crippen molar-refractivity contribution in [1.29, 1.82) is 0 Å². The van der Waals surface area contributed by atoms with Crippen molar-refractivity contribution >= 4 is 0 Å². The number of rotatable bonds is 6. The molecule has 8 fully saturated rings. The van der Waals surface area contributed by atoms with Crippen LogP contribution in [0, 0.1) is 45.8 Å². The Kier molecular flexibility index (Phi) is 10.7. The zero-order valence-electron chi connectivity index (χ0n) is 32.4. The molecule has 0 spiro atoms. The van der Waals surface area contributed by atoms with Crippen molar-refractivity contribution in [3.8, 4) is 0 Å². The average molecular weight is 627 g/mol. The Hall–Kier alpha value is -0.160. The first-order valence-electron chi connectivity index (χ1n) is 19.9. The largest absolute Gasteiger partial charge is 0.313 e. The molecule has 1 N–H and O–H groups in total.